The number of nitriles is 1. The molecule has 0 unspecified atom stereocenters. The lowest BCUT2D eigenvalue weighted by Gasteiger charge is -2.21. The number of rotatable bonds is 11. The minimum absolute atomic E-state index is 0.191. The Bertz CT molecular complexity index is 520. The van der Waals surface area contributed by atoms with E-state index in [1.165, 1.54) is 0 Å². The highest BCUT2D eigenvalue weighted by Gasteiger charge is 2.13. The molecule has 0 aliphatic rings. The Morgan fingerprint density at radius 3 is 2.91 bits per heavy atom. The number of thioether (sulfide) groups is 1. The van der Waals surface area contributed by atoms with Gasteiger partial charge in [-0.1, -0.05) is 0 Å². The summed E-state index contributed by atoms with van der Waals surface area (Å²) in [4.78, 5) is 6.59. The number of nitrogens with zero attached hydrogens (tertiary/aromatic N) is 3. The van der Waals surface area contributed by atoms with Crippen LogP contribution in [0, 0.1) is 18.3 Å². The van der Waals surface area contributed by atoms with E-state index in [0.29, 0.717) is 18.0 Å². The summed E-state index contributed by atoms with van der Waals surface area (Å²) in [5.41, 5.74) is 1.53. The lowest BCUT2D eigenvalue weighted by atomic mass is 10.1. The molecule has 2 N–H and O–H groups in total. The molecule has 0 atom stereocenters. The van der Waals surface area contributed by atoms with Crippen molar-refractivity contribution in [2.24, 2.45) is 0 Å². The zero-order chi connectivity index (χ0) is 17.1. The van der Waals surface area contributed by atoms with Crippen LogP contribution in [0.5, 0.6) is 0 Å². The third-order valence-corrected chi connectivity index (χ3v) is 4.25. The fraction of sp³-hybridized carbons (Fsp3) is 0.625. The van der Waals surface area contributed by atoms with Crippen LogP contribution < -0.4 is 10.2 Å². The van der Waals surface area contributed by atoms with Gasteiger partial charge in [0.05, 0.1) is 12.2 Å². The van der Waals surface area contributed by atoms with E-state index in [0.717, 1.165) is 42.4 Å². The monoisotopic (exact) mass is 338 g/mol. The molecular weight excluding hydrogens is 312 g/mol. The van der Waals surface area contributed by atoms with Crippen LogP contribution in [0.15, 0.2) is 6.07 Å². The maximum atomic E-state index is 9.40. The van der Waals surface area contributed by atoms with Crippen LogP contribution in [-0.4, -0.2) is 62.1 Å². The standard InChI is InChI=1S/C16H26N4O2S/c1-13-11-15(18-5-4-8-22-3)19-16(14(13)12-17)20(2)6-9-23-10-7-21/h11,21H,4-10H2,1-3H3,(H,18,19). The van der Waals surface area contributed by atoms with Crippen LogP contribution >= 0.6 is 11.8 Å². The highest BCUT2D eigenvalue weighted by molar-refractivity contribution is 7.99. The van der Waals surface area contributed by atoms with Crippen LogP contribution in [0.2, 0.25) is 0 Å². The third kappa shape index (κ3) is 6.65. The summed E-state index contributed by atoms with van der Waals surface area (Å²) in [5.74, 6) is 3.09. The number of hydrogen-bond acceptors (Lipinski definition) is 7. The molecule has 6 nitrogen and oxygen atoms in total. The van der Waals surface area contributed by atoms with Gasteiger partial charge in [0.1, 0.15) is 17.7 Å². The second-order valence-corrected chi connectivity index (χ2v) is 6.39. The van der Waals surface area contributed by atoms with Gasteiger partial charge in [-0.05, 0) is 25.0 Å². The Labute approximate surface area is 142 Å². The summed E-state index contributed by atoms with van der Waals surface area (Å²) in [6.45, 7) is 4.38. The molecule has 0 amide bonds. The van der Waals surface area contributed by atoms with Gasteiger partial charge in [0, 0.05) is 45.4 Å². The number of nitrogens with one attached hydrogen (secondary N) is 1. The van der Waals surface area contributed by atoms with E-state index in [-0.39, 0.29) is 6.61 Å². The molecule has 1 aromatic heterocycles. The third-order valence-electron chi connectivity index (χ3n) is 3.31. The number of methoxy groups -OCH3 is 1. The zero-order valence-corrected chi connectivity index (χ0v) is 14.9. The van der Waals surface area contributed by atoms with Gasteiger partial charge < -0.3 is 20.1 Å². The summed E-state index contributed by atoms with van der Waals surface area (Å²) < 4.78 is 5.03. The molecule has 0 bridgehead atoms. The molecule has 0 saturated heterocycles. The number of aliphatic hydroxyl groups excluding tert-OH is 1. The van der Waals surface area contributed by atoms with Gasteiger partial charge in [0.15, 0.2) is 0 Å². The van der Waals surface area contributed by atoms with Crippen LogP contribution in [0.1, 0.15) is 17.5 Å². The largest absolute Gasteiger partial charge is 0.396 e. The molecule has 0 aromatic carbocycles. The Hall–Kier alpha value is -1.49. The summed E-state index contributed by atoms with van der Waals surface area (Å²) in [7, 11) is 3.63. The van der Waals surface area contributed by atoms with E-state index >= 15 is 0 Å². The van der Waals surface area contributed by atoms with Gasteiger partial charge in [-0.25, -0.2) is 4.98 Å². The Kier molecular flexibility index (Phi) is 9.45. The molecule has 0 aliphatic carbocycles. The van der Waals surface area contributed by atoms with E-state index in [1.807, 2.05) is 24.9 Å². The van der Waals surface area contributed by atoms with Gasteiger partial charge in [0.2, 0.25) is 0 Å². The number of aryl methyl sites for hydroxylation is 1. The molecule has 0 spiro atoms. The highest BCUT2D eigenvalue weighted by atomic mass is 32.2. The molecule has 1 heterocycles. The molecule has 1 aromatic rings. The van der Waals surface area contributed by atoms with Crippen molar-refractivity contribution in [2.75, 3.05) is 62.2 Å². The Morgan fingerprint density at radius 1 is 1.48 bits per heavy atom. The summed E-state index contributed by atoms with van der Waals surface area (Å²) >= 11 is 1.69. The first-order valence-electron chi connectivity index (χ1n) is 7.68. The first-order chi connectivity index (χ1) is 11.1. The number of hydrogen-bond donors (Lipinski definition) is 2. The van der Waals surface area contributed by atoms with Crippen molar-refractivity contribution in [3.63, 3.8) is 0 Å². The fourth-order valence-electron chi connectivity index (χ4n) is 2.07. The number of pyridine rings is 1. The van der Waals surface area contributed by atoms with Crippen molar-refractivity contribution in [1.29, 1.82) is 5.26 Å². The quantitative estimate of drug-likeness (QED) is 0.596. The summed E-state index contributed by atoms with van der Waals surface area (Å²) in [5, 5.41) is 21.5. The zero-order valence-electron chi connectivity index (χ0n) is 14.1. The van der Waals surface area contributed by atoms with Crippen LogP contribution in [0.3, 0.4) is 0 Å². The number of aromatic nitrogens is 1. The predicted octanol–water partition coefficient (Wildman–Crippen LogP) is 1.87. The molecule has 0 saturated carbocycles. The number of aliphatic hydroxyl groups is 1. The molecule has 23 heavy (non-hydrogen) atoms. The average molecular weight is 338 g/mol. The predicted molar refractivity (Wildman–Crippen MR) is 96.4 cm³/mol. The second kappa shape index (κ2) is 11.1. The second-order valence-electron chi connectivity index (χ2n) is 5.17. The minimum atomic E-state index is 0.191. The molecular formula is C16H26N4O2S. The van der Waals surface area contributed by atoms with E-state index in [1.54, 1.807) is 18.9 Å². The van der Waals surface area contributed by atoms with Crippen LogP contribution in [0.4, 0.5) is 11.6 Å². The smallest absolute Gasteiger partial charge is 0.149 e. The van der Waals surface area contributed by atoms with Crippen molar-refractivity contribution in [3.05, 3.63) is 17.2 Å². The van der Waals surface area contributed by atoms with Crippen molar-refractivity contribution in [1.82, 2.24) is 4.98 Å². The number of anilines is 2. The molecule has 0 radical (unpaired) electrons. The Balaban J connectivity index is 2.78. The first kappa shape index (κ1) is 19.6. The van der Waals surface area contributed by atoms with Gasteiger partial charge >= 0.3 is 0 Å². The highest BCUT2D eigenvalue weighted by Crippen LogP contribution is 2.23. The van der Waals surface area contributed by atoms with E-state index < -0.39 is 0 Å². The Morgan fingerprint density at radius 2 is 2.26 bits per heavy atom. The van der Waals surface area contributed by atoms with Crippen LogP contribution in [-0.2, 0) is 4.74 Å². The molecule has 128 valence electrons. The lowest BCUT2D eigenvalue weighted by molar-refractivity contribution is 0.198. The molecule has 0 aliphatic heterocycles. The fourth-order valence-corrected chi connectivity index (χ4v) is 2.80. The first-order valence-corrected chi connectivity index (χ1v) is 8.83. The van der Waals surface area contributed by atoms with E-state index in [4.69, 9.17) is 9.84 Å². The van der Waals surface area contributed by atoms with Gasteiger partial charge in [0.25, 0.3) is 0 Å². The van der Waals surface area contributed by atoms with Gasteiger partial charge in [-0.15, -0.1) is 0 Å². The normalized spacial score (nSPS) is 10.4. The molecule has 7 heteroatoms. The number of ether oxygens (including phenoxy) is 1. The van der Waals surface area contributed by atoms with Crippen LogP contribution in [0.25, 0.3) is 0 Å². The SMILES string of the molecule is COCCCNc1cc(C)c(C#N)c(N(C)CCSCCO)n1. The minimum Gasteiger partial charge on any atom is -0.396 e. The van der Waals surface area contributed by atoms with E-state index in [9.17, 15) is 5.26 Å². The molecule has 0 fully saturated rings. The maximum Gasteiger partial charge on any atom is 0.149 e. The maximum absolute atomic E-state index is 9.40. The van der Waals surface area contributed by atoms with Crippen molar-refractivity contribution in [2.45, 2.75) is 13.3 Å². The summed E-state index contributed by atoms with van der Waals surface area (Å²) in [6, 6.07) is 4.16. The topological polar surface area (TPSA) is 81.4 Å². The van der Waals surface area contributed by atoms with Crippen molar-refractivity contribution in [3.8, 4) is 6.07 Å². The molecule has 1 rings (SSSR count). The lowest BCUT2D eigenvalue weighted by Crippen LogP contribution is -2.23. The average Bonchev–Trinajstić information content (AvgIpc) is 2.55. The summed E-state index contributed by atoms with van der Waals surface area (Å²) in [6.07, 6.45) is 0.903. The van der Waals surface area contributed by atoms with Crippen molar-refractivity contribution >= 4 is 23.4 Å². The van der Waals surface area contributed by atoms with E-state index in [2.05, 4.69) is 16.4 Å². The van der Waals surface area contributed by atoms with Gasteiger partial charge in [-0.3, -0.25) is 0 Å². The van der Waals surface area contributed by atoms with Crippen molar-refractivity contribution < 1.29 is 9.84 Å². The van der Waals surface area contributed by atoms with Gasteiger partial charge in [-0.2, -0.15) is 17.0 Å².